The molecule has 1 aliphatic heterocycles. The monoisotopic (exact) mass is 282 g/mol. The lowest BCUT2D eigenvalue weighted by atomic mass is 10.1. The maximum Gasteiger partial charge on any atom is 0.0622 e. The molecule has 0 spiro atoms. The highest BCUT2D eigenvalue weighted by Gasteiger charge is 2.20. The summed E-state index contributed by atoms with van der Waals surface area (Å²) in [6, 6.07) is 5.10. The fourth-order valence-corrected chi connectivity index (χ4v) is 3.22. The number of rotatable bonds is 5. The molecule has 108 valence electrons. The molecule has 1 aromatic rings. The molecule has 1 fully saturated rings. The molecule has 1 aromatic heterocycles. The minimum absolute atomic E-state index is 0.183. The maximum absolute atomic E-state index is 5.45. The summed E-state index contributed by atoms with van der Waals surface area (Å²) in [7, 11) is 2.20. The van der Waals surface area contributed by atoms with Crippen LogP contribution in [-0.2, 0) is 17.8 Å². The standard InChI is InChI=1S/C15H26N2OS/c1-15(2,3)16-9-13-5-6-14(19-13)10-17(4)12-7-8-18-11-12/h5-6,12,16H,7-11H2,1-4H3. The zero-order chi connectivity index (χ0) is 13.9. The molecule has 1 atom stereocenters. The number of likely N-dealkylation sites (N-methyl/N-ethyl adjacent to an activating group) is 1. The first-order valence-electron chi connectivity index (χ1n) is 7.05. The fourth-order valence-electron chi connectivity index (χ4n) is 2.20. The molecule has 19 heavy (non-hydrogen) atoms. The lowest BCUT2D eigenvalue weighted by Crippen LogP contribution is -2.34. The van der Waals surface area contributed by atoms with Crippen molar-refractivity contribution in [2.75, 3.05) is 20.3 Å². The van der Waals surface area contributed by atoms with E-state index >= 15 is 0 Å². The van der Waals surface area contributed by atoms with Crippen LogP contribution in [0, 0.1) is 0 Å². The van der Waals surface area contributed by atoms with E-state index in [1.807, 2.05) is 11.3 Å². The van der Waals surface area contributed by atoms with Crippen molar-refractivity contribution in [1.29, 1.82) is 0 Å². The van der Waals surface area contributed by atoms with Gasteiger partial charge in [-0.05, 0) is 46.4 Å². The van der Waals surface area contributed by atoms with E-state index in [0.717, 1.165) is 26.3 Å². The van der Waals surface area contributed by atoms with Crippen LogP contribution in [0.4, 0.5) is 0 Å². The highest BCUT2D eigenvalue weighted by Crippen LogP contribution is 2.21. The van der Waals surface area contributed by atoms with Gasteiger partial charge in [0.25, 0.3) is 0 Å². The Hall–Kier alpha value is -0.420. The molecule has 0 aromatic carbocycles. The number of thiophene rings is 1. The molecular formula is C15H26N2OS. The van der Waals surface area contributed by atoms with E-state index in [-0.39, 0.29) is 5.54 Å². The smallest absolute Gasteiger partial charge is 0.0622 e. The average Bonchev–Trinajstić information content (AvgIpc) is 2.96. The largest absolute Gasteiger partial charge is 0.380 e. The Morgan fingerprint density at radius 2 is 2.11 bits per heavy atom. The van der Waals surface area contributed by atoms with Gasteiger partial charge < -0.3 is 10.1 Å². The second kappa shape index (κ2) is 6.35. The lowest BCUT2D eigenvalue weighted by Gasteiger charge is -2.22. The maximum atomic E-state index is 5.45. The fraction of sp³-hybridized carbons (Fsp3) is 0.733. The SMILES string of the molecule is CN(Cc1ccc(CNC(C)(C)C)s1)C1CCOC1. The summed E-state index contributed by atoms with van der Waals surface area (Å²) in [6.07, 6.45) is 1.17. The van der Waals surface area contributed by atoms with Gasteiger partial charge in [0.1, 0.15) is 0 Å². The highest BCUT2D eigenvalue weighted by molar-refractivity contribution is 7.11. The van der Waals surface area contributed by atoms with Crippen LogP contribution in [0.15, 0.2) is 12.1 Å². The highest BCUT2D eigenvalue weighted by atomic mass is 32.1. The molecule has 0 amide bonds. The topological polar surface area (TPSA) is 24.5 Å². The summed E-state index contributed by atoms with van der Waals surface area (Å²) in [5, 5.41) is 3.54. The van der Waals surface area contributed by atoms with Gasteiger partial charge in [0.05, 0.1) is 6.61 Å². The quantitative estimate of drug-likeness (QED) is 0.899. The van der Waals surface area contributed by atoms with Gasteiger partial charge in [0.2, 0.25) is 0 Å². The number of ether oxygens (including phenoxy) is 1. The van der Waals surface area contributed by atoms with Crippen LogP contribution in [0.25, 0.3) is 0 Å². The molecule has 1 unspecified atom stereocenters. The van der Waals surface area contributed by atoms with E-state index in [1.54, 1.807) is 0 Å². The first-order chi connectivity index (χ1) is 8.94. The summed E-state index contributed by atoms with van der Waals surface area (Å²) < 4.78 is 5.45. The van der Waals surface area contributed by atoms with E-state index in [1.165, 1.54) is 16.2 Å². The zero-order valence-corrected chi connectivity index (χ0v) is 13.3. The molecule has 3 nitrogen and oxygen atoms in total. The molecular weight excluding hydrogens is 256 g/mol. The summed E-state index contributed by atoms with van der Waals surface area (Å²) in [5.41, 5.74) is 0.183. The second-order valence-electron chi connectivity index (χ2n) is 6.40. The normalized spacial score (nSPS) is 20.4. The Balaban J connectivity index is 1.83. The first kappa shape index (κ1) is 15.0. The summed E-state index contributed by atoms with van der Waals surface area (Å²) in [4.78, 5) is 5.28. The molecule has 0 saturated carbocycles. The molecule has 1 aliphatic rings. The number of nitrogens with zero attached hydrogens (tertiary/aromatic N) is 1. The van der Waals surface area contributed by atoms with Gasteiger partial charge in [-0.1, -0.05) is 0 Å². The van der Waals surface area contributed by atoms with Gasteiger partial charge in [-0.25, -0.2) is 0 Å². The number of hydrogen-bond donors (Lipinski definition) is 1. The molecule has 0 bridgehead atoms. The van der Waals surface area contributed by atoms with Crippen LogP contribution >= 0.6 is 11.3 Å². The third kappa shape index (κ3) is 4.88. The molecule has 4 heteroatoms. The van der Waals surface area contributed by atoms with Crippen molar-refractivity contribution in [2.24, 2.45) is 0 Å². The van der Waals surface area contributed by atoms with Crippen molar-refractivity contribution < 1.29 is 4.74 Å². The van der Waals surface area contributed by atoms with E-state index < -0.39 is 0 Å². The van der Waals surface area contributed by atoms with Gasteiger partial charge in [-0.3, -0.25) is 4.90 Å². The minimum atomic E-state index is 0.183. The average molecular weight is 282 g/mol. The lowest BCUT2D eigenvalue weighted by molar-refractivity contribution is 0.157. The third-order valence-electron chi connectivity index (χ3n) is 3.44. The molecule has 2 rings (SSSR count). The predicted molar refractivity (Wildman–Crippen MR) is 81.6 cm³/mol. The van der Waals surface area contributed by atoms with Crippen molar-refractivity contribution in [3.05, 3.63) is 21.9 Å². The Labute approximate surface area is 121 Å². The summed E-state index contributed by atoms with van der Waals surface area (Å²) in [5.74, 6) is 0. The van der Waals surface area contributed by atoms with E-state index in [0.29, 0.717) is 6.04 Å². The first-order valence-corrected chi connectivity index (χ1v) is 7.86. The third-order valence-corrected chi connectivity index (χ3v) is 4.51. The Morgan fingerprint density at radius 3 is 2.74 bits per heavy atom. The van der Waals surface area contributed by atoms with Crippen LogP contribution in [0.3, 0.4) is 0 Å². The van der Waals surface area contributed by atoms with Gasteiger partial charge in [0.15, 0.2) is 0 Å². The minimum Gasteiger partial charge on any atom is -0.380 e. The number of nitrogens with one attached hydrogen (secondary N) is 1. The van der Waals surface area contributed by atoms with Gasteiger partial charge in [-0.15, -0.1) is 11.3 Å². The van der Waals surface area contributed by atoms with Crippen LogP contribution in [0.5, 0.6) is 0 Å². The van der Waals surface area contributed by atoms with Crippen molar-refractivity contribution in [3.63, 3.8) is 0 Å². The number of hydrogen-bond acceptors (Lipinski definition) is 4. The molecule has 0 aliphatic carbocycles. The van der Waals surface area contributed by atoms with Gasteiger partial charge in [-0.2, -0.15) is 0 Å². The Morgan fingerprint density at radius 1 is 1.37 bits per heavy atom. The van der Waals surface area contributed by atoms with Gasteiger partial charge >= 0.3 is 0 Å². The van der Waals surface area contributed by atoms with E-state index in [4.69, 9.17) is 4.74 Å². The van der Waals surface area contributed by atoms with Crippen molar-refractivity contribution in [3.8, 4) is 0 Å². The van der Waals surface area contributed by atoms with Gasteiger partial charge in [0, 0.05) is 41.0 Å². The van der Waals surface area contributed by atoms with Crippen molar-refractivity contribution in [2.45, 2.75) is 51.9 Å². The zero-order valence-electron chi connectivity index (χ0n) is 12.5. The predicted octanol–water partition coefficient (Wildman–Crippen LogP) is 2.86. The van der Waals surface area contributed by atoms with Crippen molar-refractivity contribution in [1.82, 2.24) is 10.2 Å². The Bertz CT molecular complexity index is 391. The molecule has 0 radical (unpaired) electrons. The van der Waals surface area contributed by atoms with Crippen LogP contribution < -0.4 is 5.32 Å². The van der Waals surface area contributed by atoms with Crippen LogP contribution in [0.1, 0.15) is 36.9 Å². The van der Waals surface area contributed by atoms with E-state index in [9.17, 15) is 0 Å². The molecule has 2 heterocycles. The van der Waals surface area contributed by atoms with Crippen molar-refractivity contribution >= 4 is 11.3 Å². The van der Waals surface area contributed by atoms with Crippen LogP contribution in [0.2, 0.25) is 0 Å². The molecule has 1 N–H and O–H groups in total. The Kier molecular flexibility index (Phi) is 5.01. The second-order valence-corrected chi connectivity index (χ2v) is 7.66. The summed E-state index contributed by atoms with van der Waals surface area (Å²) in [6.45, 7) is 10.4. The van der Waals surface area contributed by atoms with Crippen LogP contribution in [-0.4, -0.2) is 36.7 Å². The molecule has 1 saturated heterocycles. The summed E-state index contributed by atoms with van der Waals surface area (Å²) >= 11 is 1.92. The van der Waals surface area contributed by atoms with E-state index in [2.05, 4.69) is 50.2 Å².